The lowest BCUT2D eigenvalue weighted by atomic mass is 9.80. The molecular weight excluding hydrogens is 380 g/mol. The highest BCUT2D eigenvalue weighted by Crippen LogP contribution is 2.36. The van der Waals surface area contributed by atoms with Crippen molar-refractivity contribution in [3.05, 3.63) is 40.2 Å². The van der Waals surface area contributed by atoms with Crippen LogP contribution in [0, 0.1) is 10.1 Å². The lowest BCUT2D eigenvalue weighted by Crippen LogP contribution is -2.44. The summed E-state index contributed by atoms with van der Waals surface area (Å²) in [5.41, 5.74) is -0.451. The van der Waals surface area contributed by atoms with E-state index in [2.05, 4.69) is 9.36 Å². The number of rotatable bonds is 5. The number of piperidine rings is 1. The second-order valence-electron chi connectivity index (χ2n) is 6.30. The van der Waals surface area contributed by atoms with Crippen LogP contribution in [0.5, 0.6) is 5.19 Å². The van der Waals surface area contributed by atoms with Crippen molar-refractivity contribution in [3.63, 3.8) is 0 Å². The topological polar surface area (TPSA) is 116 Å². The number of hydrogen-bond donors (Lipinski definition) is 0. The van der Waals surface area contributed by atoms with Crippen LogP contribution in [0.15, 0.2) is 29.2 Å². The predicted molar refractivity (Wildman–Crippen MR) is 94.9 cm³/mol. The Morgan fingerprint density at radius 2 is 1.88 bits per heavy atom. The number of aromatic nitrogens is 2. The van der Waals surface area contributed by atoms with Gasteiger partial charge in [-0.2, -0.15) is 13.7 Å². The van der Waals surface area contributed by atoms with Gasteiger partial charge in [0.2, 0.25) is 10.0 Å². The quantitative estimate of drug-likeness (QED) is 0.560. The zero-order chi connectivity index (χ0) is 18.9. The highest BCUT2D eigenvalue weighted by Gasteiger charge is 2.39. The van der Waals surface area contributed by atoms with Crippen LogP contribution in [0.25, 0.3) is 0 Å². The third-order valence-electron chi connectivity index (χ3n) is 4.63. The molecule has 2 aromatic rings. The van der Waals surface area contributed by atoms with Crippen molar-refractivity contribution in [2.45, 2.75) is 30.1 Å². The summed E-state index contributed by atoms with van der Waals surface area (Å²) in [5.74, 6) is 0.673. The van der Waals surface area contributed by atoms with E-state index >= 15 is 0 Å². The minimum Gasteiger partial charge on any atom is -0.472 e. The molecule has 1 aliphatic heterocycles. The largest absolute Gasteiger partial charge is 0.472 e. The summed E-state index contributed by atoms with van der Waals surface area (Å²) in [5, 5.41) is 11.2. The normalized spacial score (nSPS) is 17.8. The second-order valence-corrected chi connectivity index (χ2v) is 8.96. The summed E-state index contributed by atoms with van der Waals surface area (Å²) < 4.78 is 36.4. The summed E-state index contributed by atoms with van der Waals surface area (Å²) in [7, 11) is -2.15. The van der Waals surface area contributed by atoms with Crippen LogP contribution in [0.3, 0.4) is 0 Å². The maximum atomic E-state index is 12.8. The molecule has 0 saturated carbocycles. The number of nitrogens with zero attached hydrogens (tertiary/aromatic N) is 4. The van der Waals surface area contributed by atoms with Crippen molar-refractivity contribution in [2.75, 3.05) is 20.2 Å². The third kappa shape index (κ3) is 3.41. The van der Waals surface area contributed by atoms with Crippen molar-refractivity contribution < 1.29 is 18.1 Å². The lowest BCUT2D eigenvalue weighted by molar-refractivity contribution is -0.384. The van der Waals surface area contributed by atoms with Gasteiger partial charge in [0.05, 0.1) is 16.9 Å². The Bertz CT molecular complexity index is 902. The molecule has 1 aromatic heterocycles. The maximum absolute atomic E-state index is 12.8. The van der Waals surface area contributed by atoms with Gasteiger partial charge in [-0.05, 0) is 25.0 Å². The monoisotopic (exact) mass is 398 g/mol. The van der Waals surface area contributed by atoms with E-state index in [1.165, 1.54) is 47.2 Å². The molecule has 26 heavy (non-hydrogen) atoms. The first-order valence-electron chi connectivity index (χ1n) is 7.89. The van der Waals surface area contributed by atoms with E-state index in [4.69, 9.17) is 4.74 Å². The fourth-order valence-corrected chi connectivity index (χ4v) is 4.94. The van der Waals surface area contributed by atoms with E-state index in [0.29, 0.717) is 36.9 Å². The minimum atomic E-state index is -3.69. The molecule has 2 heterocycles. The first-order valence-corrected chi connectivity index (χ1v) is 10.1. The van der Waals surface area contributed by atoms with Crippen LogP contribution in [-0.2, 0) is 15.4 Å². The first kappa shape index (κ1) is 18.7. The molecule has 0 unspecified atom stereocenters. The zero-order valence-corrected chi connectivity index (χ0v) is 15.9. The summed E-state index contributed by atoms with van der Waals surface area (Å²) in [4.78, 5) is 14.6. The Hall–Kier alpha value is -2.11. The molecule has 1 aromatic carbocycles. The van der Waals surface area contributed by atoms with E-state index in [1.807, 2.05) is 6.92 Å². The average molecular weight is 398 g/mol. The highest BCUT2D eigenvalue weighted by atomic mass is 32.2. The van der Waals surface area contributed by atoms with E-state index in [0.717, 1.165) is 0 Å². The van der Waals surface area contributed by atoms with Gasteiger partial charge in [-0.15, -0.1) is 0 Å². The van der Waals surface area contributed by atoms with Gasteiger partial charge in [-0.1, -0.05) is 6.92 Å². The van der Waals surface area contributed by atoms with Crippen LogP contribution >= 0.6 is 11.5 Å². The van der Waals surface area contributed by atoms with Gasteiger partial charge in [0.25, 0.3) is 10.9 Å². The average Bonchev–Trinajstić information content (AvgIpc) is 3.12. The molecule has 11 heteroatoms. The number of non-ortho nitro benzene ring substituents is 1. The van der Waals surface area contributed by atoms with Crippen molar-refractivity contribution in [1.82, 2.24) is 13.7 Å². The number of nitro benzene ring substituents is 1. The van der Waals surface area contributed by atoms with Crippen molar-refractivity contribution in [3.8, 4) is 5.19 Å². The fraction of sp³-hybridized carbons (Fsp3) is 0.467. The van der Waals surface area contributed by atoms with Crippen LogP contribution in [0.4, 0.5) is 5.69 Å². The molecule has 0 bridgehead atoms. The Kier molecular flexibility index (Phi) is 4.95. The van der Waals surface area contributed by atoms with E-state index in [-0.39, 0.29) is 16.0 Å². The summed E-state index contributed by atoms with van der Waals surface area (Å²) in [6.45, 7) is 2.68. The third-order valence-corrected chi connectivity index (χ3v) is 7.22. The molecular formula is C15H18N4O5S2. The molecule has 0 atom stereocenters. The fourth-order valence-electron chi connectivity index (χ4n) is 2.87. The Morgan fingerprint density at radius 3 is 2.38 bits per heavy atom. The number of sulfonamides is 1. The van der Waals surface area contributed by atoms with E-state index < -0.39 is 14.9 Å². The van der Waals surface area contributed by atoms with Gasteiger partial charge in [0.15, 0.2) is 5.82 Å². The Balaban J connectivity index is 1.74. The molecule has 1 saturated heterocycles. The molecule has 9 nitrogen and oxygen atoms in total. The van der Waals surface area contributed by atoms with Gasteiger partial charge >= 0.3 is 0 Å². The number of hydrogen-bond acceptors (Lipinski definition) is 8. The summed E-state index contributed by atoms with van der Waals surface area (Å²) in [6.07, 6.45) is 1.16. The molecule has 1 aliphatic rings. The van der Waals surface area contributed by atoms with Crippen molar-refractivity contribution in [2.24, 2.45) is 0 Å². The molecule has 0 N–H and O–H groups in total. The van der Waals surface area contributed by atoms with E-state index in [1.54, 1.807) is 0 Å². The number of methoxy groups -OCH3 is 1. The molecule has 140 valence electrons. The van der Waals surface area contributed by atoms with Crippen molar-refractivity contribution in [1.29, 1.82) is 0 Å². The zero-order valence-electron chi connectivity index (χ0n) is 14.3. The van der Waals surface area contributed by atoms with Gasteiger partial charge in [-0.3, -0.25) is 10.1 Å². The lowest BCUT2D eigenvalue weighted by Gasteiger charge is -2.36. The predicted octanol–water partition coefficient (Wildman–Crippen LogP) is 2.20. The molecule has 0 aliphatic carbocycles. The van der Waals surface area contributed by atoms with Crippen LogP contribution in [-0.4, -0.2) is 47.2 Å². The molecule has 1 fully saturated rings. The minimum absolute atomic E-state index is 0.0557. The van der Waals surface area contributed by atoms with Gasteiger partial charge in [-0.25, -0.2) is 8.42 Å². The van der Waals surface area contributed by atoms with Crippen LogP contribution < -0.4 is 4.74 Å². The molecule has 0 amide bonds. The van der Waals surface area contributed by atoms with Gasteiger partial charge in [0, 0.05) is 42.2 Å². The first-order chi connectivity index (χ1) is 12.3. The smallest absolute Gasteiger partial charge is 0.292 e. The highest BCUT2D eigenvalue weighted by molar-refractivity contribution is 7.89. The maximum Gasteiger partial charge on any atom is 0.292 e. The number of benzene rings is 1. The van der Waals surface area contributed by atoms with Crippen LogP contribution in [0.1, 0.15) is 25.6 Å². The SMILES string of the molecule is COc1nc(C2(C)CCN(S(=O)(=O)c3ccc([N+](=O)[O-])cc3)CC2)ns1. The Morgan fingerprint density at radius 1 is 1.27 bits per heavy atom. The molecule has 0 radical (unpaired) electrons. The van der Waals surface area contributed by atoms with Crippen molar-refractivity contribution >= 4 is 27.2 Å². The van der Waals surface area contributed by atoms with Gasteiger partial charge < -0.3 is 4.74 Å². The van der Waals surface area contributed by atoms with E-state index in [9.17, 15) is 18.5 Å². The summed E-state index contributed by atoms with van der Waals surface area (Å²) in [6, 6.07) is 4.95. The molecule has 3 rings (SSSR count). The number of nitro groups is 1. The Labute approximate surface area is 155 Å². The van der Waals surface area contributed by atoms with Gasteiger partial charge in [0.1, 0.15) is 0 Å². The second kappa shape index (κ2) is 6.89. The summed E-state index contributed by atoms with van der Waals surface area (Å²) >= 11 is 1.18. The van der Waals surface area contributed by atoms with Crippen LogP contribution in [0.2, 0.25) is 0 Å². The standard InChI is InChI=1S/C15H18N4O5S2/c1-15(13-16-14(24-2)25-17-13)7-9-18(10-8-15)26(22,23)12-5-3-11(4-6-12)19(20)21/h3-6H,7-10H2,1-2H3. The number of ether oxygens (including phenoxy) is 1. The molecule has 0 spiro atoms.